The Hall–Kier alpha value is -1.62. The van der Waals surface area contributed by atoms with Crippen LogP contribution in [0.4, 0.5) is 14.5 Å². The van der Waals surface area contributed by atoms with Crippen molar-refractivity contribution in [1.29, 1.82) is 0 Å². The Morgan fingerprint density at radius 1 is 1.16 bits per heavy atom. The van der Waals surface area contributed by atoms with E-state index in [2.05, 4.69) is 21.2 Å². The Labute approximate surface area is 118 Å². The number of nitrogens with one attached hydrogen (secondary N) is 1. The van der Waals surface area contributed by atoms with Gasteiger partial charge in [0.15, 0.2) is 0 Å². The molecule has 0 fully saturated rings. The van der Waals surface area contributed by atoms with E-state index in [9.17, 15) is 13.9 Å². The van der Waals surface area contributed by atoms with Crippen molar-refractivity contribution in [3.63, 3.8) is 0 Å². The Kier molecular flexibility index (Phi) is 4.04. The molecular weight excluding hydrogens is 316 g/mol. The largest absolute Gasteiger partial charge is 0.507 e. The summed E-state index contributed by atoms with van der Waals surface area (Å²) in [5, 5.41) is 12.6. The van der Waals surface area contributed by atoms with E-state index in [1.807, 2.05) is 0 Å². The highest BCUT2D eigenvalue weighted by molar-refractivity contribution is 9.10. The van der Waals surface area contributed by atoms with Gasteiger partial charge in [0.2, 0.25) is 0 Å². The molecule has 0 radical (unpaired) electrons. The lowest BCUT2D eigenvalue weighted by molar-refractivity contribution is 0.459. The molecule has 0 saturated carbocycles. The quantitative estimate of drug-likeness (QED) is 0.863. The first-order valence-corrected chi connectivity index (χ1v) is 6.46. The molecule has 0 aromatic heterocycles. The van der Waals surface area contributed by atoms with Crippen molar-refractivity contribution in [2.75, 3.05) is 5.32 Å². The first kappa shape index (κ1) is 13.8. The van der Waals surface area contributed by atoms with Crippen LogP contribution >= 0.6 is 15.9 Å². The fourth-order valence-corrected chi connectivity index (χ4v) is 2.16. The van der Waals surface area contributed by atoms with Crippen LogP contribution in [-0.4, -0.2) is 5.11 Å². The van der Waals surface area contributed by atoms with E-state index in [4.69, 9.17) is 0 Å². The first-order valence-electron chi connectivity index (χ1n) is 5.67. The molecule has 100 valence electrons. The summed E-state index contributed by atoms with van der Waals surface area (Å²) in [5.74, 6) is -1.06. The summed E-state index contributed by atoms with van der Waals surface area (Å²) in [4.78, 5) is 0. The van der Waals surface area contributed by atoms with Gasteiger partial charge in [-0.05, 0) is 31.2 Å². The highest BCUT2D eigenvalue weighted by Crippen LogP contribution is 2.29. The highest BCUT2D eigenvalue weighted by atomic mass is 79.9. The molecule has 0 bridgehead atoms. The number of phenolic OH excluding ortho intramolecular Hbond substituents is 1. The zero-order chi connectivity index (χ0) is 14.0. The van der Waals surface area contributed by atoms with Gasteiger partial charge in [-0.1, -0.05) is 22.0 Å². The number of phenols is 1. The minimum Gasteiger partial charge on any atom is -0.507 e. The second kappa shape index (κ2) is 5.57. The second-order valence-corrected chi connectivity index (χ2v) is 5.11. The topological polar surface area (TPSA) is 32.3 Å². The predicted octanol–water partition coefficient (Wildman–Crippen LogP) is 4.61. The standard InChI is InChI=1S/C14H12BrF2NO/c1-8(11-4-3-10(16)7-14(11)19)18-13-6-9(15)2-5-12(13)17/h2-8,18-19H,1H3. The number of anilines is 1. The van der Waals surface area contributed by atoms with Crippen molar-refractivity contribution in [1.82, 2.24) is 0 Å². The molecule has 1 unspecified atom stereocenters. The number of hydrogen-bond acceptors (Lipinski definition) is 2. The van der Waals surface area contributed by atoms with Gasteiger partial charge in [0.25, 0.3) is 0 Å². The fourth-order valence-electron chi connectivity index (χ4n) is 1.80. The summed E-state index contributed by atoms with van der Waals surface area (Å²) in [6, 6.07) is 7.94. The molecule has 0 spiro atoms. The van der Waals surface area contributed by atoms with Gasteiger partial charge in [-0.2, -0.15) is 0 Å². The molecular formula is C14H12BrF2NO. The molecule has 0 aliphatic carbocycles. The summed E-state index contributed by atoms with van der Waals surface area (Å²) in [5.41, 5.74) is 0.811. The number of halogens is 3. The van der Waals surface area contributed by atoms with Crippen LogP contribution < -0.4 is 5.32 Å². The third-order valence-corrected chi connectivity index (χ3v) is 3.25. The monoisotopic (exact) mass is 327 g/mol. The zero-order valence-corrected chi connectivity index (χ0v) is 11.7. The summed E-state index contributed by atoms with van der Waals surface area (Å²) in [7, 11) is 0. The van der Waals surface area contributed by atoms with Crippen molar-refractivity contribution in [2.45, 2.75) is 13.0 Å². The van der Waals surface area contributed by atoms with E-state index in [0.29, 0.717) is 11.3 Å². The molecule has 19 heavy (non-hydrogen) atoms. The van der Waals surface area contributed by atoms with Gasteiger partial charge in [-0.25, -0.2) is 8.78 Å². The maximum atomic E-state index is 13.6. The normalized spacial score (nSPS) is 12.2. The van der Waals surface area contributed by atoms with Gasteiger partial charge >= 0.3 is 0 Å². The smallest absolute Gasteiger partial charge is 0.146 e. The lowest BCUT2D eigenvalue weighted by Crippen LogP contribution is -2.08. The molecule has 5 heteroatoms. The van der Waals surface area contributed by atoms with Crippen LogP contribution in [0.1, 0.15) is 18.5 Å². The number of rotatable bonds is 3. The molecule has 2 aromatic rings. The number of aromatic hydroxyl groups is 1. The molecule has 0 heterocycles. The van der Waals surface area contributed by atoms with Gasteiger partial charge in [-0.3, -0.25) is 0 Å². The Bertz CT molecular complexity index is 604. The molecule has 1 atom stereocenters. The molecule has 0 aliphatic rings. The second-order valence-electron chi connectivity index (χ2n) is 4.19. The summed E-state index contributed by atoms with van der Waals surface area (Å²) >= 11 is 3.26. The SMILES string of the molecule is CC(Nc1cc(Br)ccc1F)c1ccc(F)cc1O. The van der Waals surface area contributed by atoms with Crippen molar-refractivity contribution < 1.29 is 13.9 Å². The van der Waals surface area contributed by atoms with Crippen LogP contribution in [0.15, 0.2) is 40.9 Å². The molecule has 0 saturated heterocycles. The van der Waals surface area contributed by atoms with Crippen molar-refractivity contribution >= 4 is 21.6 Å². The van der Waals surface area contributed by atoms with Gasteiger partial charge in [-0.15, -0.1) is 0 Å². The average Bonchev–Trinajstić information content (AvgIpc) is 2.33. The van der Waals surface area contributed by atoms with Gasteiger partial charge < -0.3 is 10.4 Å². The maximum Gasteiger partial charge on any atom is 0.146 e. The lowest BCUT2D eigenvalue weighted by Gasteiger charge is -2.17. The zero-order valence-electron chi connectivity index (χ0n) is 10.1. The molecule has 2 rings (SSSR count). The van der Waals surface area contributed by atoms with Crippen LogP contribution in [0.5, 0.6) is 5.75 Å². The third kappa shape index (κ3) is 3.23. The highest BCUT2D eigenvalue weighted by Gasteiger charge is 2.13. The lowest BCUT2D eigenvalue weighted by atomic mass is 10.1. The molecule has 0 aliphatic heterocycles. The Balaban J connectivity index is 2.25. The predicted molar refractivity (Wildman–Crippen MR) is 74.2 cm³/mol. The van der Waals surface area contributed by atoms with Crippen LogP contribution in [0, 0.1) is 11.6 Å². The van der Waals surface area contributed by atoms with Gasteiger partial charge in [0.05, 0.1) is 11.7 Å². The van der Waals surface area contributed by atoms with E-state index in [1.165, 1.54) is 18.2 Å². The molecule has 2 aromatic carbocycles. The molecule has 0 amide bonds. The molecule has 2 nitrogen and oxygen atoms in total. The van der Waals surface area contributed by atoms with Crippen LogP contribution in [-0.2, 0) is 0 Å². The van der Waals surface area contributed by atoms with Gasteiger partial charge in [0, 0.05) is 16.1 Å². The van der Waals surface area contributed by atoms with E-state index in [1.54, 1.807) is 19.1 Å². The third-order valence-electron chi connectivity index (χ3n) is 2.76. The number of hydrogen-bond donors (Lipinski definition) is 2. The fraction of sp³-hybridized carbons (Fsp3) is 0.143. The number of benzene rings is 2. The minimum atomic E-state index is -0.512. The van der Waals surface area contributed by atoms with Crippen LogP contribution in [0.2, 0.25) is 0 Å². The Morgan fingerprint density at radius 3 is 2.58 bits per heavy atom. The maximum absolute atomic E-state index is 13.6. The Morgan fingerprint density at radius 2 is 1.89 bits per heavy atom. The summed E-state index contributed by atoms with van der Waals surface area (Å²) in [6.07, 6.45) is 0. The molecule has 2 N–H and O–H groups in total. The van der Waals surface area contributed by atoms with Crippen LogP contribution in [0.3, 0.4) is 0 Å². The van der Waals surface area contributed by atoms with Gasteiger partial charge in [0.1, 0.15) is 17.4 Å². The summed E-state index contributed by atoms with van der Waals surface area (Å²) < 4.78 is 27.3. The van der Waals surface area contributed by atoms with Crippen molar-refractivity contribution in [3.8, 4) is 5.75 Å². The van der Waals surface area contributed by atoms with Crippen molar-refractivity contribution in [3.05, 3.63) is 58.1 Å². The van der Waals surface area contributed by atoms with E-state index in [-0.39, 0.29) is 11.8 Å². The van der Waals surface area contributed by atoms with E-state index >= 15 is 0 Å². The average molecular weight is 328 g/mol. The van der Waals surface area contributed by atoms with E-state index < -0.39 is 11.6 Å². The first-order chi connectivity index (χ1) is 8.97. The van der Waals surface area contributed by atoms with Crippen molar-refractivity contribution in [2.24, 2.45) is 0 Å². The summed E-state index contributed by atoms with van der Waals surface area (Å²) in [6.45, 7) is 1.76. The minimum absolute atomic E-state index is 0.157. The van der Waals surface area contributed by atoms with Crippen LogP contribution in [0.25, 0.3) is 0 Å². The van der Waals surface area contributed by atoms with E-state index in [0.717, 1.165) is 10.5 Å².